The molecule has 5 heteroatoms. The maximum absolute atomic E-state index is 5.93. The summed E-state index contributed by atoms with van der Waals surface area (Å²) in [4.78, 5) is 0. The Kier molecular flexibility index (Phi) is 3.72. The van der Waals surface area contributed by atoms with E-state index in [1.165, 1.54) is 0 Å². The number of rotatable bonds is 5. The SMILES string of the molecule is COc1ccc(N)c(NC(C)Cn2cccn2)c1. The Balaban J connectivity index is 2.04. The zero-order valence-corrected chi connectivity index (χ0v) is 10.6. The van der Waals surface area contributed by atoms with Crippen LogP contribution in [0.1, 0.15) is 6.92 Å². The van der Waals surface area contributed by atoms with E-state index in [9.17, 15) is 0 Å². The summed E-state index contributed by atoms with van der Waals surface area (Å²) in [6.45, 7) is 2.87. The predicted octanol–water partition coefficient (Wildman–Crippen LogP) is 1.97. The van der Waals surface area contributed by atoms with Crippen LogP contribution < -0.4 is 15.8 Å². The smallest absolute Gasteiger partial charge is 0.121 e. The first-order valence-electron chi connectivity index (χ1n) is 5.86. The van der Waals surface area contributed by atoms with E-state index in [4.69, 9.17) is 10.5 Å². The highest BCUT2D eigenvalue weighted by atomic mass is 16.5. The highest BCUT2D eigenvalue weighted by molar-refractivity contribution is 5.68. The van der Waals surface area contributed by atoms with Gasteiger partial charge in [0.15, 0.2) is 0 Å². The van der Waals surface area contributed by atoms with Gasteiger partial charge in [-0.3, -0.25) is 4.68 Å². The summed E-state index contributed by atoms with van der Waals surface area (Å²) in [6.07, 6.45) is 3.71. The van der Waals surface area contributed by atoms with Crippen LogP contribution >= 0.6 is 0 Å². The number of nitrogens with zero attached hydrogens (tertiary/aromatic N) is 2. The van der Waals surface area contributed by atoms with Crippen LogP contribution in [0.4, 0.5) is 11.4 Å². The van der Waals surface area contributed by atoms with Gasteiger partial charge >= 0.3 is 0 Å². The van der Waals surface area contributed by atoms with Gasteiger partial charge in [0.25, 0.3) is 0 Å². The minimum Gasteiger partial charge on any atom is -0.497 e. The molecule has 3 N–H and O–H groups in total. The number of nitrogens with two attached hydrogens (primary N) is 1. The van der Waals surface area contributed by atoms with Gasteiger partial charge in [-0.2, -0.15) is 5.10 Å². The van der Waals surface area contributed by atoms with Crippen molar-refractivity contribution < 1.29 is 4.74 Å². The van der Waals surface area contributed by atoms with Crippen LogP contribution in [0.25, 0.3) is 0 Å². The molecule has 96 valence electrons. The maximum Gasteiger partial charge on any atom is 0.121 e. The average Bonchev–Trinajstić information content (AvgIpc) is 2.84. The number of aromatic nitrogens is 2. The Bertz CT molecular complexity index is 496. The van der Waals surface area contributed by atoms with Gasteiger partial charge < -0.3 is 15.8 Å². The number of methoxy groups -OCH3 is 1. The van der Waals surface area contributed by atoms with E-state index in [1.807, 2.05) is 35.1 Å². The molecule has 1 aromatic carbocycles. The van der Waals surface area contributed by atoms with Crippen LogP contribution in [0.2, 0.25) is 0 Å². The Morgan fingerprint density at radius 2 is 2.33 bits per heavy atom. The number of hydrogen-bond acceptors (Lipinski definition) is 4. The lowest BCUT2D eigenvalue weighted by atomic mass is 10.2. The fraction of sp³-hybridized carbons (Fsp3) is 0.308. The zero-order chi connectivity index (χ0) is 13.0. The van der Waals surface area contributed by atoms with Gasteiger partial charge in [0.1, 0.15) is 5.75 Å². The highest BCUT2D eigenvalue weighted by Crippen LogP contribution is 2.25. The van der Waals surface area contributed by atoms with Crippen LogP contribution in [0, 0.1) is 0 Å². The molecule has 0 aliphatic rings. The molecule has 0 saturated carbocycles. The van der Waals surface area contributed by atoms with Gasteiger partial charge in [-0.15, -0.1) is 0 Å². The lowest BCUT2D eigenvalue weighted by Crippen LogP contribution is -2.22. The molecule has 2 rings (SSSR count). The number of ether oxygens (including phenoxy) is 1. The van der Waals surface area contributed by atoms with Crippen molar-refractivity contribution in [3.8, 4) is 5.75 Å². The summed E-state index contributed by atoms with van der Waals surface area (Å²) in [6, 6.07) is 7.71. The first-order chi connectivity index (χ1) is 8.69. The van der Waals surface area contributed by atoms with Gasteiger partial charge in [-0.1, -0.05) is 0 Å². The van der Waals surface area contributed by atoms with Gasteiger partial charge in [0, 0.05) is 24.5 Å². The number of nitrogen functional groups attached to an aromatic ring is 1. The topological polar surface area (TPSA) is 65.1 Å². The van der Waals surface area contributed by atoms with Crippen LogP contribution in [0.15, 0.2) is 36.7 Å². The second kappa shape index (κ2) is 5.44. The lowest BCUT2D eigenvalue weighted by molar-refractivity contribution is 0.415. The second-order valence-electron chi connectivity index (χ2n) is 4.23. The van der Waals surface area contributed by atoms with Gasteiger partial charge in [-0.05, 0) is 25.1 Å². The van der Waals surface area contributed by atoms with Crippen LogP contribution in [0.3, 0.4) is 0 Å². The van der Waals surface area contributed by atoms with Crippen LogP contribution in [-0.4, -0.2) is 22.9 Å². The molecule has 0 saturated heterocycles. The van der Waals surface area contributed by atoms with E-state index >= 15 is 0 Å². The van der Waals surface area contributed by atoms with Gasteiger partial charge in [0.2, 0.25) is 0 Å². The number of benzene rings is 1. The average molecular weight is 246 g/mol. The molecule has 1 atom stereocenters. The molecule has 1 heterocycles. The molecular weight excluding hydrogens is 228 g/mol. The third-order valence-corrected chi connectivity index (χ3v) is 2.68. The van der Waals surface area contributed by atoms with Crippen LogP contribution in [-0.2, 0) is 6.54 Å². The summed E-state index contributed by atoms with van der Waals surface area (Å²) in [7, 11) is 1.64. The molecule has 0 bridgehead atoms. The van der Waals surface area contributed by atoms with E-state index in [0.717, 1.165) is 18.0 Å². The predicted molar refractivity (Wildman–Crippen MR) is 72.7 cm³/mol. The molecule has 0 amide bonds. The molecule has 0 aliphatic heterocycles. The molecule has 1 aromatic heterocycles. The molecule has 18 heavy (non-hydrogen) atoms. The molecule has 0 aliphatic carbocycles. The quantitative estimate of drug-likeness (QED) is 0.792. The van der Waals surface area contributed by atoms with Crippen molar-refractivity contribution in [3.05, 3.63) is 36.7 Å². The second-order valence-corrected chi connectivity index (χ2v) is 4.23. The van der Waals surface area contributed by atoms with E-state index in [1.54, 1.807) is 13.3 Å². The Morgan fingerprint density at radius 1 is 1.50 bits per heavy atom. The maximum atomic E-state index is 5.93. The van der Waals surface area contributed by atoms with Crippen molar-refractivity contribution in [1.29, 1.82) is 0 Å². The normalized spacial score (nSPS) is 12.1. The van der Waals surface area contributed by atoms with Gasteiger partial charge in [0.05, 0.1) is 25.0 Å². The molecule has 5 nitrogen and oxygen atoms in total. The Labute approximate surface area is 107 Å². The van der Waals surface area contributed by atoms with Gasteiger partial charge in [-0.25, -0.2) is 0 Å². The standard InChI is InChI=1S/C13H18N4O/c1-10(9-17-7-3-6-15-17)16-13-8-11(18-2)4-5-12(13)14/h3-8,10,16H,9,14H2,1-2H3. The number of hydrogen-bond donors (Lipinski definition) is 2. The van der Waals surface area contributed by atoms with Crippen molar-refractivity contribution in [2.24, 2.45) is 0 Å². The minimum atomic E-state index is 0.222. The van der Waals surface area contributed by atoms with Crippen LogP contribution in [0.5, 0.6) is 5.75 Å². The van der Waals surface area contributed by atoms with E-state index in [-0.39, 0.29) is 6.04 Å². The molecular formula is C13H18N4O. The first-order valence-corrected chi connectivity index (χ1v) is 5.86. The largest absolute Gasteiger partial charge is 0.497 e. The molecule has 0 spiro atoms. The third-order valence-electron chi connectivity index (χ3n) is 2.68. The number of anilines is 2. The first kappa shape index (κ1) is 12.3. The summed E-state index contributed by atoms with van der Waals surface area (Å²) >= 11 is 0. The zero-order valence-electron chi connectivity index (χ0n) is 10.6. The molecule has 1 unspecified atom stereocenters. The summed E-state index contributed by atoms with van der Waals surface area (Å²) in [5, 5.41) is 7.53. The summed E-state index contributed by atoms with van der Waals surface area (Å²) in [5.74, 6) is 0.790. The third kappa shape index (κ3) is 2.94. The highest BCUT2D eigenvalue weighted by Gasteiger charge is 2.07. The Hall–Kier alpha value is -2.17. The number of nitrogens with one attached hydrogen (secondary N) is 1. The van der Waals surface area contributed by atoms with Crippen molar-refractivity contribution in [2.75, 3.05) is 18.2 Å². The van der Waals surface area contributed by atoms with E-state index in [2.05, 4.69) is 17.3 Å². The lowest BCUT2D eigenvalue weighted by Gasteiger charge is -2.17. The summed E-state index contributed by atoms with van der Waals surface area (Å²) in [5.41, 5.74) is 7.52. The van der Waals surface area contributed by atoms with Crippen molar-refractivity contribution in [3.63, 3.8) is 0 Å². The Morgan fingerprint density at radius 3 is 3.00 bits per heavy atom. The summed E-state index contributed by atoms with van der Waals surface area (Å²) < 4.78 is 7.07. The van der Waals surface area contributed by atoms with E-state index in [0.29, 0.717) is 5.69 Å². The fourth-order valence-electron chi connectivity index (χ4n) is 1.79. The minimum absolute atomic E-state index is 0.222. The monoisotopic (exact) mass is 246 g/mol. The molecule has 2 aromatic rings. The molecule has 0 radical (unpaired) electrons. The van der Waals surface area contributed by atoms with Crippen molar-refractivity contribution in [2.45, 2.75) is 19.5 Å². The van der Waals surface area contributed by atoms with E-state index < -0.39 is 0 Å². The fourth-order valence-corrected chi connectivity index (χ4v) is 1.79. The molecule has 0 fully saturated rings. The van der Waals surface area contributed by atoms with Crippen molar-refractivity contribution >= 4 is 11.4 Å². The van der Waals surface area contributed by atoms with Crippen molar-refractivity contribution in [1.82, 2.24) is 9.78 Å².